The Morgan fingerprint density at radius 3 is 2.72 bits per heavy atom. The first-order valence-corrected chi connectivity index (χ1v) is 10.5. The molecule has 1 N–H and O–H groups in total. The van der Waals surface area contributed by atoms with Crippen LogP contribution >= 0.6 is 12.2 Å². The number of thiocarbonyl (C=S) groups is 1. The molecule has 1 saturated heterocycles. The molecule has 2 aliphatic rings. The second-order valence-electron chi connectivity index (χ2n) is 7.89. The van der Waals surface area contributed by atoms with Crippen LogP contribution in [0, 0.1) is 6.92 Å². The number of esters is 1. The van der Waals surface area contributed by atoms with E-state index in [-0.39, 0.29) is 5.97 Å². The van der Waals surface area contributed by atoms with Crippen molar-refractivity contribution in [2.75, 3.05) is 37.0 Å². The van der Waals surface area contributed by atoms with Gasteiger partial charge < -0.3 is 19.9 Å². The maximum Gasteiger partial charge on any atom is 0.338 e. The summed E-state index contributed by atoms with van der Waals surface area (Å²) >= 11 is 5.84. The van der Waals surface area contributed by atoms with Crippen LogP contribution in [0.1, 0.15) is 40.7 Å². The minimum absolute atomic E-state index is 0.306. The molecule has 5 nitrogen and oxygen atoms in total. The van der Waals surface area contributed by atoms with Crippen molar-refractivity contribution in [2.24, 2.45) is 0 Å². The van der Waals surface area contributed by atoms with Crippen LogP contribution in [0.25, 0.3) is 0 Å². The summed E-state index contributed by atoms with van der Waals surface area (Å²) in [7, 11) is 2.19. The molecule has 2 atom stereocenters. The van der Waals surface area contributed by atoms with E-state index in [9.17, 15) is 4.79 Å². The number of nitrogens with zero attached hydrogens (tertiary/aromatic N) is 2. The van der Waals surface area contributed by atoms with E-state index in [4.69, 9.17) is 17.0 Å². The molecule has 6 heteroatoms. The molecule has 2 aliphatic heterocycles. The Kier molecular flexibility index (Phi) is 5.56. The van der Waals surface area contributed by atoms with Crippen molar-refractivity contribution in [1.82, 2.24) is 4.90 Å². The smallest absolute Gasteiger partial charge is 0.338 e. The third-order valence-corrected chi connectivity index (χ3v) is 6.12. The largest absolute Gasteiger partial charge is 0.462 e. The Hall–Kier alpha value is -2.44. The highest BCUT2D eigenvalue weighted by atomic mass is 32.1. The summed E-state index contributed by atoms with van der Waals surface area (Å²) < 4.78 is 5.05. The molecular formula is C23H27N3O2S. The maximum absolute atomic E-state index is 11.9. The standard InChI is InChI=1S/C23H27N3O2S/c1-4-28-22(27)16-6-8-17(9-7-16)24-23(29)26-20-10-5-15(2)13-18(20)19-14-25(3)12-11-21(19)26/h5-10,13,19,21H,4,11-12,14H2,1-3H3,(H,24,29). The van der Waals surface area contributed by atoms with Crippen LogP contribution in [0.5, 0.6) is 0 Å². The van der Waals surface area contributed by atoms with E-state index in [1.807, 2.05) is 12.1 Å². The number of nitrogens with one attached hydrogen (secondary N) is 1. The number of ether oxygens (including phenoxy) is 1. The molecule has 2 heterocycles. The van der Waals surface area contributed by atoms with Crippen LogP contribution in [-0.4, -0.2) is 48.8 Å². The minimum atomic E-state index is -0.306. The first-order chi connectivity index (χ1) is 14.0. The Balaban J connectivity index is 1.56. The minimum Gasteiger partial charge on any atom is -0.462 e. The highest BCUT2D eigenvalue weighted by Gasteiger charge is 2.42. The van der Waals surface area contributed by atoms with Crippen molar-refractivity contribution in [3.8, 4) is 0 Å². The predicted molar refractivity (Wildman–Crippen MR) is 121 cm³/mol. The van der Waals surface area contributed by atoms with Crippen LogP contribution in [-0.2, 0) is 4.74 Å². The Labute approximate surface area is 177 Å². The summed E-state index contributed by atoms with van der Waals surface area (Å²) in [4.78, 5) is 16.6. The Morgan fingerprint density at radius 1 is 1.24 bits per heavy atom. The van der Waals surface area contributed by atoms with Crippen LogP contribution in [0.15, 0.2) is 42.5 Å². The number of carbonyl (C=O) groups is 1. The third-order valence-electron chi connectivity index (χ3n) is 5.82. The number of piperidine rings is 1. The lowest BCUT2D eigenvalue weighted by Crippen LogP contribution is -2.48. The zero-order valence-electron chi connectivity index (χ0n) is 17.1. The van der Waals surface area contributed by atoms with Crippen LogP contribution in [0.2, 0.25) is 0 Å². The summed E-state index contributed by atoms with van der Waals surface area (Å²) in [6.45, 7) is 6.44. The number of benzene rings is 2. The maximum atomic E-state index is 11.9. The van der Waals surface area contributed by atoms with Crippen LogP contribution in [0.3, 0.4) is 0 Å². The molecule has 152 valence electrons. The fourth-order valence-corrected chi connectivity index (χ4v) is 4.79. The Bertz CT molecular complexity index is 928. The fourth-order valence-electron chi connectivity index (χ4n) is 4.43. The van der Waals surface area contributed by atoms with E-state index in [2.05, 4.69) is 47.3 Å². The number of hydrogen-bond acceptors (Lipinski definition) is 4. The molecule has 0 bridgehead atoms. The average Bonchev–Trinajstić information content (AvgIpc) is 3.01. The molecule has 0 amide bonds. The molecule has 0 saturated carbocycles. The number of likely N-dealkylation sites (tertiary alicyclic amines) is 1. The van der Waals surface area contributed by atoms with Gasteiger partial charge in [-0.25, -0.2) is 4.79 Å². The summed E-state index contributed by atoms with van der Waals surface area (Å²) in [5.41, 5.74) is 5.30. The molecule has 2 unspecified atom stereocenters. The van der Waals surface area contributed by atoms with Gasteiger partial charge in [-0.2, -0.15) is 0 Å². The van der Waals surface area contributed by atoms with Crippen molar-refractivity contribution in [2.45, 2.75) is 32.2 Å². The summed E-state index contributed by atoms with van der Waals surface area (Å²) in [5.74, 6) is 0.161. The molecule has 0 radical (unpaired) electrons. The normalized spacial score (nSPS) is 20.7. The fraction of sp³-hybridized carbons (Fsp3) is 0.391. The third kappa shape index (κ3) is 3.87. The first-order valence-electron chi connectivity index (χ1n) is 10.1. The number of aryl methyl sites for hydroxylation is 1. The van der Waals surface area contributed by atoms with Gasteiger partial charge in [0.2, 0.25) is 0 Å². The van der Waals surface area contributed by atoms with Gasteiger partial charge in [0.25, 0.3) is 0 Å². The number of hydrogen-bond donors (Lipinski definition) is 1. The molecule has 2 aromatic carbocycles. The van der Waals surface area contributed by atoms with Gasteiger partial charge >= 0.3 is 5.97 Å². The SMILES string of the molecule is CCOC(=O)c1ccc(NC(=S)N2c3ccc(C)cc3C3CN(C)CCC32)cc1. The molecule has 4 rings (SSSR count). The van der Waals surface area contributed by atoms with Gasteiger partial charge in [-0.3, -0.25) is 0 Å². The van der Waals surface area contributed by atoms with Crippen molar-refractivity contribution in [1.29, 1.82) is 0 Å². The van der Waals surface area contributed by atoms with Gasteiger partial charge in [-0.1, -0.05) is 17.7 Å². The number of anilines is 2. The summed E-state index contributed by atoms with van der Waals surface area (Å²) in [6.07, 6.45) is 1.08. The Morgan fingerprint density at radius 2 is 2.00 bits per heavy atom. The van der Waals surface area contributed by atoms with Crippen molar-refractivity contribution >= 4 is 34.7 Å². The molecular weight excluding hydrogens is 382 g/mol. The van der Waals surface area contributed by atoms with Gasteiger partial charge in [-0.15, -0.1) is 0 Å². The zero-order valence-corrected chi connectivity index (χ0v) is 18.0. The number of likely N-dealkylation sites (N-methyl/N-ethyl adjacent to an activating group) is 1. The molecule has 0 aliphatic carbocycles. The van der Waals surface area contributed by atoms with Crippen molar-refractivity contribution in [3.05, 3.63) is 59.2 Å². The van der Waals surface area contributed by atoms with Crippen LogP contribution < -0.4 is 10.2 Å². The zero-order chi connectivity index (χ0) is 20.5. The van der Waals surface area contributed by atoms with E-state index >= 15 is 0 Å². The van der Waals surface area contributed by atoms with Gasteiger partial charge in [0.05, 0.1) is 12.2 Å². The second-order valence-corrected chi connectivity index (χ2v) is 8.27. The van der Waals surface area contributed by atoms with Gasteiger partial charge in [-0.05, 0) is 82.0 Å². The predicted octanol–water partition coefficient (Wildman–Crippen LogP) is 4.18. The van der Waals surface area contributed by atoms with E-state index in [1.165, 1.54) is 16.8 Å². The van der Waals surface area contributed by atoms with Gasteiger partial charge in [0.1, 0.15) is 0 Å². The molecule has 0 aromatic heterocycles. The lowest BCUT2D eigenvalue weighted by Gasteiger charge is -2.37. The lowest BCUT2D eigenvalue weighted by atomic mass is 9.89. The van der Waals surface area contributed by atoms with E-state index < -0.39 is 0 Å². The summed E-state index contributed by atoms with van der Waals surface area (Å²) in [6, 6.07) is 14.3. The molecule has 29 heavy (non-hydrogen) atoms. The monoisotopic (exact) mass is 409 g/mol. The van der Waals surface area contributed by atoms with E-state index in [0.717, 1.165) is 25.2 Å². The van der Waals surface area contributed by atoms with E-state index in [1.54, 1.807) is 19.1 Å². The van der Waals surface area contributed by atoms with Gasteiger partial charge in [0, 0.05) is 29.9 Å². The van der Waals surface area contributed by atoms with Crippen molar-refractivity contribution in [3.63, 3.8) is 0 Å². The topological polar surface area (TPSA) is 44.8 Å². The van der Waals surface area contributed by atoms with Crippen molar-refractivity contribution < 1.29 is 9.53 Å². The van der Waals surface area contributed by atoms with E-state index in [0.29, 0.717) is 29.2 Å². The first kappa shape index (κ1) is 19.9. The highest BCUT2D eigenvalue weighted by molar-refractivity contribution is 7.80. The average molecular weight is 410 g/mol. The number of rotatable bonds is 3. The highest BCUT2D eigenvalue weighted by Crippen LogP contribution is 2.45. The quantitative estimate of drug-likeness (QED) is 0.606. The van der Waals surface area contributed by atoms with Crippen LogP contribution in [0.4, 0.5) is 11.4 Å². The second kappa shape index (κ2) is 8.13. The number of carbonyl (C=O) groups excluding carboxylic acids is 1. The summed E-state index contributed by atoms with van der Waals surface area (Å²) in [5, 5.41) is 4.08. The number of fused-ring (bicyclic) bond motifs is 3. The van der Waals surface area contributed by atoms with Gasteiger partial charge in [0.15, 0.2) is 5.11 Å². The molecule has 0 spiro atoms. The lowest BCUT2D eigenvalue weighted by molar-refractivity contribution is 0.0526. The molecule has 2 aromatic rings. The molecule has 1 fully saturated rings.